The Bertz CT molecular complexity index is 762. The van der Waals surface area contributed by atoms with E-state index in [2.05, 4.69) is 49.8 Å². The minimum atomic E-state index is 0.434. The standard InChI is InChI=1S/C21H34N8/c1-4-5-11-23-21(24-15-20-27-26-17(2)28(20)3)25-18-9-13-29(14-10-18)16-19-8-6-7-12-22-19/h6-8,12,18H,4-5,9-11,13-16H2,1-3H3,(H2,23,24,25). The number of nitrogens with one attached hydrogen (secondary N) is 2. The number of nitrogens with zero attached hydrogens (tertiary/aromatic N) is 6. The third-order valence-electron chi connectivity index (χ3n) is 5.42. The van der Waals surface area contributed by atoms with Crippen LogP contribution in [0, 0.1) is 6.92 Å². The van der Waals surface area contributed by atoms with E-state index in [1.54, 1.807) is 0 Å². The molecule has 8 heteroatoms. The molecule has 0 spiro atoms. The first-order valence-corrected chi connectivity index (χ1v) is 10.7. The van der Waals surface area contributed by atoms with Crippen molar-refractivity contribution in [2.24, 2.45) is 12.0 Å². The van der Waals surface area contributed by atoms with Crippen molar-refractivity contribution in [3.05, 3.63) is 41.7 Å². The van der Waals surface area contributed by atoms with E-state index in [1.807, 2.05) is 30.8 Å². The van der Waals surface area contributed by atoms with Gasteiger partial charge in [0, 0.05) is 45.5 Å². The molecule has 0 saturated carbocycles. The maximum atomic E-state index is 4.77. The Balaban J connectivity index is 1.52. The molecule has 8 nitrogen and oxygen atoms in total. The van der Waals surface area contributed by atoms with Gasteiger partial charge in [0.2, 0.25) is 0 Å². The van der Waals surface area contributed by atoms with Gasteiger partial charge in [-0.05, 0) is 38.3 Å². The average Bonchev–Trinajstić information content (AvgIpc) is 3.06. The van der Waals surface area contributed by atoms with Gasteiger partial charge in [-0.15, -0.1) is 10.2 Å². The second-order valence-electron chi connectivity index (χ2n) is 7.68. The maximum Gasteiger partial charge on any atom is 0.191 e. The molecule has 0 atom stereocenters. The Morgan fingerprint density at radius 1 is 1.24 bits per heavy atom. The number of hydrogen-bond acceptors (Lipinski definition) is 5. The highest BCUT2D eigenvalue weighted by Gasteiger charge is 2.20. The van der Waals surface area contributed by atoms with Crippen LogP contribution in [0.3, 0.4) is 0 Å². The van der Waals surface area contributed by atoms with Gasteiger partial charge >= 0.3 is 0 Å². The van der Waals surface area contributed by atoms with Crippen molar-refractivity contribution in [2.45, 2.75) is 58.7 Å². The molecule has 0 amide bonds. The fourth-order valence-corrected chi connectivity index (χ4v) is 3.42. The number of pyridine rings is 1. The van der Waals surface area contributed by atoms with Crippen LogP contribution in [-0.4, -0.2) is 56.3 Å². The first kappa shape index (κ1) is 21.2. The summed E-state index contributed by atoms with van der Waals surface area (Å²) >= 11 is 0. The molecule has 3 rings (SSSR count). The third kappa shape index (κ3) is 6.52. The molecular formula is C21H34N8. The van der Waals surface area contributed by atoms with Gasteiger partial charge in [0.05, 0.1) is 5.69 Å². The summed E-state index contributed by atoms with van der Waals surface area (Å²) in [5.74, 6) is 2.66. The summed E-state index contributed by atoms with van der Waals surface area (Å²) in [6, 6.07) is 6.55. The summed E-state index contributed by atoms with van der Waals surface area (Å²) in [5, 5.41) is 15.4. The van der Waals surface area contributed by atoms with Crippen molar-refractivity contribution in [1.82, 2.24) is 35.3 Å². The summed E-state index contributed by atoms with van der Waals surface area (Å²) in [7, 11) is 1.98. The van der Waals surface area contributed by atoms with Gasteiger partial charge in [-0.1, -0.05) is 19.4 Å². The van der Waals surface area contributed by atoms with Crippen LogP contribution in [-0.2, 0) is 20.1 Å². The molecule has 1 aliphatic heterocycles. The highest BCUT2D eigenvalue weighted by atomic mass is 15.3. The van der Waals surface area contributed by atoms with Crippen molar-refractivity contribution < 1.29 is 0 Å². The molecule has 29 heavy (non-hydrogen) atoms. The topological polar surface area (TPSA) is 83.3 Å². The number of aliphatic imine (C=N–C) groups is 1. The van der Waals surface area contributed by atoms with Crippen LogP contribution in [0.25, 0.3) is 0 Å². The predicted molar refractivity (Wildman–Crippen MR) is 115 cm³/mol. The van der Waals surface area contributed by atoms with Crippen molar-refractivity contribution in [1.29, 1.82) is 0 Å². The van der Waals surface area contributed by atoms with E-state index in [0.29, 0.717) is 12.6 Å². The number of aromatic nitrogens is 4. The van der Waals surface area contributed by atoms with Crippen LogP contribution in [0.4, 0.5) is 0 Å². The zero-order valence-electron chi connectivity index (χ0n) is 17.9. The van der Waals surface area contributed by atoms with E-state index < -0.39 is 0 Å². The number of guanidine groups is 1. The summed E-state index contributed by atoms with van der Waals surface area (Å²) < 4.78 is 1.99. The van der Waals surface area contributed by atoms with Gasteiger partial charge in [0.1, 0.15) is 12.4 Å². The first-order valence-electron chi connectivity index (χ1n) is 10.7. The quantitative estimate of drug-likeness (QED) is 0.402. The van der Waals surface area contributed by atoms with E-state index >= 15 is 0 Å². The summed E-state index contributed by atoms with van der Waals surface area (Å²) in [5.41, 5.74) is 1.14. The molecule has 1 saturated heterocycles. The SMILES string of the molecule is CCCCNC(=NCc1nnc(C)n1C)NC1CCN(Cc2ccccn2)CC1. The summed E-state index contributed by atoms with van der Waals surface area (Å²) in [4.78, 5) is 11.7. The number of likely N-dealkylation sites (tertiary alicyclic amines) is 1. The fourth-order valence-electron chi connectivity index (χ4n) is 3.42. The predicted octanol–water partition coefficient (Wildman–Crippen LogP) is 2.02. The molecule has 2 N–H and O–H groups in total. The van der Waals surface area contributed by atoms with Crippen molar-refractivity contribution in [3.63, 3.8) is 0 Å². The van der Waals surface area contributed by atoms with Crippen LogP contribution in [0.15, 0.2) is 29.4 Å². The maximum absolute atomic E-state index is 4.77. The second kappa shape index (κ2) is 10.9. The van der Waals surface area contributed by atoms with Gasteiger partial charge in [-0.3, -0.25) is 9.88 Å². The van der Waals surface area contributed by atoms with Crippen molar-refractivity contribution in [3.8, 4) is 0 Å². The zero-order chi connectivity index (χ0) is 20.5. The van der Waals surface area contributed by atoms with Gasteiger partial charge in [-0.25, -0.2) is 4.99 Å². The van der Waals surface area contributed by atoms with Gasteiger partial charge in [-0.2, -0.15) is 0 Å². The molecule has 0 aromatic carbocycles. The molecule has 2 aromatic rings. The van der Waals surface area contributed by atoms with Crippen molar-refractivity contribution in [2.75, 3.05) is 19.6 Å². The molecule has 0 bridgehead atoms. The third-order valence-corrected chi connectivity index (χ3v) is 5.42. The lowest BCUT2D eigenvalue weighted by atomic mass is 10.0. The lowest BCUT2D eigenvalue weighted by Gasteiger charge is -2.33. The molecule has 2 aromatic heterocycles. The Morgan fingerprint density at radius 2 is 2.07 bits per heavy atom. The van der Waals surface area contributed by atoms with Crippen LogP contribution < -0.4 is 10.6 Å². The number of hydrogen-bond donors (Lipinski definition) is 2. The smallest absolute Gasteiger partial charge is 0.191 e. The summed E-state index contributed by atoms with van der Waals surface area (Å²) in [6.45, 7) is 8.67. The second-order valence-corrected chi connectivity index (χ2v) is 7.68. The molecular weight excluding hydrogens is 364 g/mol. The van der Waals surface area contributed by atoms with Crippen LogP contribution in [0.2, 0.25) is 0 Å². The lowest BCUT2D eigenvalue weighted by Crippen LogP contribution is -2.48. The highest BCUT2D eigenvalue weighted by molar-refractivity contribution is 5.80. The van der Waals surface area contributed by atoms with E-state index in [0.717, 1.165) is 75.2 Å². The fraction of sp³-hybridized carbons (Fsp3) is 0.619. The molecule has 1 aliphatic rings. The van der Waals surface area contributed by atoms with Gasteiger partial charge in [0.15, 0.2) is 11.8 Å². The molecule has 158 valence electrons. The normalized spacial score (nSPS) is 16.2. The minimum Gasteiger partial charge on any atom is -0.356 e. The first-order chi connectivity index (χ1) is 14.2. The molecule has 0 aliphatic carbocycles. The van der Waals surface area contributed by atoms with E-state index in [1.165, 1.54) is 0 Å². The minimum absolute atomic E-state index is 0.434. The molecule has 3 heterocycles. The monoisotopic (exact) mass is 398 g/mol. The average molecular weight is 399 g/mol. The number of rotatable bonds is 8. The largest absolute Gasteiger partial charge is 0.356 e. The van der Waals surface area contributed by atoms with Gasteiger partial charge < -0.3 is 15.2 Å². The van der Waals surface area contributed by atoms with E-state index in [-0.39, 0.29) is 0 Å². The zero-order valence-corrected chi connectivity index (χ0v) is 17.9. The van der Waals surface area contributed by atoms with E-state index in [4.69, 9.17) is 4.99 Å². The van der Waals surface area contributed by atoms with Crippen LogP contribution in [0.5, 0.6) is 0 Å². The number of unbranched alkanes of at least 4 members (excludes halogenated alkanes) is 1. The molecule has 0 radical (unpaired) electrons. The summed E-state index contributed by atoms with van der Waals surface area (Å²) in [6.07, 6.45) is 6.36. The molecule has 1 fully saturated rings. The number of piperidine rings is 1. The van der Waals surface area contributed by atoms with Gasteiger partial charge in [0.25, 0.3) is 0 Å². The van der Waals surface area contributed by atoms with Crippen LogP contribution >= 0.6 is 0 Å². The van der Waals surface area contributed by atoms with Crippen LogP contribution in [0.1, 0.15) is 49.9 Å². The highest BCUT2D eigenvalue weighted by Crippen LogP contribution is 2.13. The Labute approximate surface area is 173 Å². The molecule has 0 unspecified atom stereocenters. The number of aryl methyl sites for hydroxylation is 1. The lowest BCUT2D eigenvalue weighted by molar-refractivity contribution is 0.196. The Hall–Kier alpha value is -2.48. The Kier molecular flexibility index (Phi) is 7.98. The van der Waals surface area contributed by atoms with Crippen molar-refractivity contribution >= 4 is 5.96 Å². The Morgan fingerprint density at radius 3 is 2.72 bits per heavy atom. The van der Waals surface area contributed by atoms with E-state index in [9.17, 15) is 0 Å².